The van der Waals surface area contributed by atoms with Crippen LogP contribution in [-0.4, -0.2) is 66.7 Å². The van der Waals surface area contributed by atoms with E-state index in [0.717, 1.165) is 26.1 Å². The highest BCUT2D eigenvalue weighted by molar-refractivity contribution is 5.42. The van der Waals surface area contributed by atoms with E-state index >= 15 is 0 Å². The van der Waals surface area contributed by atoms with Gasteiger partial charge in [0.2, 0.25) is 17.8 Å². The van der Waals surface area contributed by atoms with Gasteiger partial charge in [0, 0.05) is 27.2 Å². The molecule has 1 saturated heterocycles. The number of rotatable bonds is 8. The van der Waals surface area contributed by atoms with E-state index in [-0.39, 0.29) is 0 Å². The number of hydrogen-bond acceptors (Lipinski definition) is 7. The first kappa shape index (κ1) is 15.8. The molecular formula is C14H27N7. The van der Waals surface area contributed by atoms with E-state index < -0.39 is 0 Å². The normalized spacial score (nSPS) is 15.2. The molecule has 0 aliphatic carbocycles. The van der Waals surface area contributed by atoms with Crippen LogP contribution in [0.4, 0.5) is 17.8 Å². The molecule has 1 aromatic rings. The minimum atomic E-state index is 0.623. The molecule has 0 spiro atoms. The van der Waals surface area contributed by atoms with E-state index in [1.165, 1.54) is 25.9 Å². The first-order valence-corrected chi connectivity index (χ1v) is 7.82. The summed E-state index contributed by atoms with van der Waals surface area (Å²) in [7, 11) is 3.87. The van der Waals surface area contributed by atoms with Crippen molar-refractivity contribution in [2.24, 2.45) is 0 Å². The molecule has 1 aromatic heterocycles. The van der Waals surface area contributed by atoms with Crippen LogP contribution < -0.4 is 15.5 Å². The second-order valence-electron chi connectivity index (χ2n) is 5.54. The lowest BCUT2D eigenvalue weighted by Gasteiger charge is -2.15. The van der Waals surface area contributed by atoms with Crippen molar-refractivity contribution in [3.05, 3.63) is 0 Å². The van der Waals surface area contributed by atoms with Crippen molar-refractivity contribution in [2.45, 2.75) is 26.2 Å². The Balaban J connectivity index is 1.85. The van der Waals surface area contributed by atoms with Crippen molar-refractivity contribution in [2.75, 3.05) is 62.4 Å². The van der Waals surface area contributed by atoms with Gasteiger partial charge >= 0.3 is 0 Å². The summed E-state index contributed by atoms with van der Waals surface area (Å²) >= 11 is 0. The van der Waals surface area contributed by atoms with Crippen molar-refractivity contribution in [3.8, 4) is 0 Å². The molecule has 2 rings (SSSR count). The minimum Gasteiger partial charge on any atom is -0.354 e. The molecule has 0 unspecified atom stereocenters. The number of anilines is 3. The second-order valence-corrected chi connectivity index (χ2v) is 5.54. The Morgan fingerprint density at radius 3 is 2.33 bits per heavy atom. The van der Waals surface area contributed by atoms with Crippen molar-refractivity contribution in [1.82, 2.24) is 19.9 Å². The molecule has 0 saturated carbocycles. The molecule has 0 aromatic carbocycles. The average molecular weight is 293 g/mol. The van der Waals surface area contributed by atoms with Crippen LogP contribution in [0.2, 0.25) is 0 Å². The quantitative estimate of drug-likeness (QED) is 0.699. The summed E-state index contributed by atoms with van der Waals surface area (Å²) in [6.45, 7) is 7.37. The van der Waals surface area contributed by atoms with E-state index in [4.69, 9.17) is 0 Å². The lowest BCUT2D eigenvalue weighted by atomic mass is 10.4. The monoisotopic (exact) mass is 293 g/mol. The van der Waals surface area contributed by atoms with E-state index in [1.807, 2.05) is 25.9 Å². The van der Waals surface area contributed by atoms with E-state index in [2.05, 4.69) is 30.5 Å². The molecule has 0 atom stereocenters. The van der Waals surface area contributed by atoms with Crippen LogP contribution in [0.15, 0.2) is 0 Å². The van der Waals surface area contributed by atoms with Crippen molar-refractivity contribution in [3.63, 3.8) is 0 Å². The molecule has 0 amide bonds. The van der Waals surface area contributed by atoms with Crippen molar-refractivity contribution < 1.29 is 0 Å². The third-order valence-corrected chi connectivity index (χ3v) is 3.49. The second kappa shape index (κ2) is 7.97. The summed E-state index contributed by atoms with van der Waals surface area (Å²) in [6.07, 6.45) is 3.80. The molecule has 0 radical (unpaired) electrons. The summed E-state index contributed by atoms with van der Waals surface area (Å²) in [6, 6.07) is 0. The van der Waals surface area contributed by atoms with Gasteiger partial charge in [-0.1, -0.05) is 0 Å². The molecule has 7 nitrogen and oxygen atoms in total. The topological polar surface area (TPSA) is 69.2 Å². The molecule has 1 fully saturated rings. The fourth-order valence-corrected chi connectivity index (χ4v) is 2.39. The number of aromatic nitrogens is 3. The fraction of sp³-hybridized carbons (Fsp3) is 0.786. The summed E-state index contributed by atoms with van der Waals surface area (Å²) in [5.74, 6) is 1.94. The highest BCUT2D eigenvalue weighted by Gasteiger charge is 2.11. The van der Waals surface area contributed by atoms with Crippen LogP contribution in [0, 0.1) is 0 Å². The predicted octanol–water partition coefficient (Wildman–Crippen LogP) is 1.27. The van der Waals surface area contributed by atoms with Gasteiger partial charge in [-0.15, -0.1) is 0 Å². The van der Waals surface area contributed by atoms with Crippen LogP contribution in [0.25, 0.3) is 0 Å². The van der Waals surface area contributed by atoms with Gasteiger partial charge < -0.3 is 20.4 Å². The lowest BCUT2D eigenvalue weighted by Crippen LogP contribution is -2.23. The van der Waals surface area contributed by atoms with Gasteiger partial charge in [0.25, 0.3) is 0 Å². The first-order chi connectivity index (χ1) is 10.2. The SMILES string of the molecule is CCNc1nc(NCCCN2CCCC2)nc(N(C)C)n1. The van der Waals surface area contributed by atoms with Gasteiger partial charge in [-0.3, -0.25) is 0 Å². The maximum atomic E-state index is 4.42. The molecule has 21 heavy (non-hydrogen) atoms. The van der Waals surface area contributed by atoms with Crippen LogP contribution in [0.1, 0.15) is 26.2 Å². The van der Waals surface area contributed by atoms with Gasteiger partial charge in [0.1, 0.15) is 0 Å². The smallest absolute Gasteiger partial charge is 0.231 e. The zero-order valence-electron chi connectivity index (χ0n) is 13.4. The number of nitrogens with zero attached hydrogens (tertiary/aromatic N) is 5. The molecule has 1 aliphatic heterocycles. The largest absolute Gasteiger partial charge is 0.354 e. The van der Waals surface area contributed by atoms with Crippen molar-refractivity contribution in [1.29, 1.82) is 0 Å². The first-order valence-electron chi connectivity index (χ1n) is 7.82. The number of nitrogens with one attached hydrogen (secondary N) is 2. The molecule has 118 valence electrons. The summed E-state index contributed by atoms with van der Waals surface area (Å²) < 4.78 is 0. The minimum absolute atomic E-state index is 0.623. The van der Waals surface area contributed by atoms with E-state index in [9.17, 15) is 0 Å². The van der Waals surface area contributed by atoms with Gasteiger partial charge in [-0.05, 0) is 45.8 Å². The third-order valence-electron chi connectivity index (χ3n) is 3.49. The van der Waals surface area contributed by atoms with Crippen LogP contribution in [0.5, 0.6) is 0 Å². The summed E-state index contributed by atoms with van der Waals surface area (Å²) in [5.41, 5.74) is 0. The molecule has 2 N–H and O–H groups in total. The Kier molecular flexibility index (Phi) is 5.98. The van der Waals surface area contributed by atoms with Crippen molar-refractivity contribution >= 4 is 17.8 Å². The van der Waals surface area contributed by atoms with Crippen LogP contribution in [-0.2, 0) is 0 Å². The van der Waals surface area contributed by atoms with E-state index in [0.29, 0.717) is 17.8 Å². The maximum absolute atomic E-state index is 4.42. The van der Waals surface area contributed by atoms with E-state index in [1.54, 1.807) is 0 Å². The van der Waals surface area contributed by atoms with Crippen LogP contribution in [0.3, 0.4) is 0 Å². The molecular weight excluding hydrogens is 266 g/mol. The Hall–Kier alpha value is -1.63. The number of hydrogen-bond donors (Lipinski definition) is 2. The summed E-state index contributed by atoms with van der Waals surface area (Å²) in [5, 5.41) is 6.45. The lowest BCUT2D eigenvalue weighted by molar-refractivity contribution is 0.337. The highest BCUT2D eigenvalue weighted by atomic mass is 15.3. The van der Waals surface area contributed by atoms with Gasteiger partial charge in [-0.25, -0.2) is 0 Å². The fourth-order valence-electron chi connectivity index (χ4n) is 2.39. The Bertz CT molecular complexity index is 429. The van der Waals surface area contributed by atoms with Gasteiger partial charge in [0.15, 0.2) is 0 Å². The number of likely N-dealkylation sites (tertiary alicyclic amines) is 1. The summed E-state index contributed by atoms with van der Waals surface area (Å²) in [4.78, 5) is 17.6. The molecule has 7 heteroatoms. The molecule has 1 aliphatic rings. The zero-order chi connectivity index (χ0) is 15.1. The Labute approximate surface area is 127 Å². The predicted molar refractivity (Wildman–Crippen MR) is 87.1 cm³/mol. The standard InChI is InChI=1S/C14H27N7/c1-4-15-12-17-13(19-14(18-12)20(2)3)16-8-7-11-21-9-5-6-10-21/h4-11H2,1-3H3,(H2,15,16,17,18,19). The van der Waals surface area contributed by atoms with Gasteiger partial charge in [0.05, 0.1) is 0 Å². The Morgan fingerprint density at radius 1 is 1.05 bits per heavy atom. The average Bonchev–Trinajstić information content (AvgIpc) is 2.97. The highest BCUT2D eigenvalue weighted by Crippen LogP contribution is 2.12. The Morgan fingerprint density at radius 2 is 1.71 bits per heavy atom. The molecule has 0 bridgehead atoms. The molecule has 2 heterocycles. The maximum Gasteiger partial charge on any atom is 0.231 e. The zero-order valence-corrected chi connectivity index (χ0v) is 13.4. The van der Waals surface area contributed by atoms with Crippen LogP contribution >= 0.6 is 0 Å². The van der Waals surface area contributed by atoms with Gasteiger partial charge in [-0.2, -0.15) is 15.0 Å². The third kappa shape index (κ3) is 5.00.